The van der Waals surface area contributed by atoms with Crippen LogP contribution in [0.1, 0.15) is 15.9 Å². The highest BCUT2D eigenvalue weighted by Gasteiger charge is 2.11. The smallest absolute Gasteiger partial charge is 0.213 e. The van der Waals surface area contributed by atoms with E-state index in [-0.39, 0.29) is 5.78 Å². The summed E-state index contributed by atoms with van der Waals surface area (Å²) in [6, 6.07) is 12.1. The van der Waals surface area contributed by atoms with E-state index in [4.69, 9.17) is 11.6 Å². The predicted octanol–water partition coefficient (Wildman–Crippen LogP) is 3.77. The Balaban J connectivity index is 2.29. The lowest BCUT2D eigenvalue weighted by Gasteiger charge is -2.11. The van der Waals surface area contributed by atoms with Crippen LogP contribution in [0.4, 0.5) is 5.69 Å². The van der Waals surface area contributed by atoms with E-state index in [1.807, 2.05) is 6.07 Å². The fraction of sp³-hybridized carbons (Fsp3) is 0.0667. The minimum absolute atomic E-state index is 0.0939. The Morgan fingerprint density at radius 1 is 1.15 bits per heavy atom. The third kappa shape index (κ3) is 3.19. The lowest BCUT2D eigenvalue weighted by molar-refractivity contribution is -0.107. The number of ketones is 1. The van der Waals surface area contributed by atoms with Crippen molar-refractivity contribution in [1.82, 2.24) is 0 Å². The fourth-order valence-electron chi connectivity index (χ4n) is 1.71. The van der Waals surface area contributed by atoms with Crippen molar-refractivity contribution in [2.45, 2.75) is 0 Å². The molecule has 0 heterocycles. The van der Waals surface area contributed by atoms with Crippen molar-refractivity contribution in [3.8, 4) is 0 Å². The van der Waals surface area contributed by atoms with Crippen LogP contribution in [0.25, 0.3) is 0 Å². The van der Waals surface area contributed by atoms with Crippen LogP contribution < -0.4 is 4.90 Å². The van der Waals surface area contributed by atoms with E-state index in [2.05, 4.69) is 22.6 Å². The molecule has 0 saturated heterocycles. The first-order valence-electron chi connectivity index (χ1n) is 5.81. The van der Waals surface area contributed by atoms with Gasteiger partial charge in [0.2, 0.25) is 6.41 Å². The Labute approximate surface area is 135 Å². The molecule has 0 radical (unpaired) electrons. The molecule has 1 amide bonds. The minimum Gasteiger partial charge on any atom is -0.318 e. The summed E-state index contributed by atoms with van der Waals surface area (Å²) >= 11 is 8.14. The average molecular weight is 400 g/mol. The van der Waals surface area contributed by atoms with Gasteiger partial charge in [0, 0.05) is 27.4 Å². The Kier molecular flexibility index (Phi) is 4.77. The van der Waals surface area contributed by atoms with Crippen molar-refractivity contribution in [2.75, 3.05) is 11.9 Å². The van der Waals surface area contributed by atoms with Crippen molar-refractivity contribution in [1.29, 1.82) is 0 Å². The Bertz CT molecular complexity index is 655. The molecule has 0 unspecified atom stereocenters. The Morgan fingerprint density at radius 2 is 1.75 bits per heavy atom. The standard InChI is InChI=1S/C15H11ClINO2/c1-18(9-19)12-5-2-10(3-6-12)15(20)11-4-7-14(17)13(16)8-11/h2-9H,1H3. The number of rotatable bonds is 4. The van der Waals surface area contributed by atoms with Gasteiger partial charge in [-0.3, -0.25) is 9.59 Å². The zero-order chi connectivity index (χ0) is 14.7. The number of hydrogen-bond acceptors (Lipinski definition) is 2. The SMILES string of the molecule is CN(C=O)c1ccc(C(=O)c2ccc(I)c(Cl)c2)cc1. The summed E-state index contributed by atoms with van der Waals surface area (Å²) in [5.74, 6) is -0.0939. The molecule has 0 aliphatic carbocycles. The second kappa shape index (κ2) is 6.37. The second-order valence-electron chi connectivity index (χ2n) is 4.22. The van der Waals surface area contributed by atoms with Crippen molar-refractivity contribution >= 4 is 52.1 Å². The fourth-order valence-corrected chi connectivity index (χ4v) is 2.23. The lowest BCUT2D eigenvalue weighted by atomic mass is 10.0. The molecule has 2 rings (SSSR count). The van der Waals surface area contributed by atoms with Gasteiger partial charge in [-0.1, -0.05) is 11.6 Å². The van der Waals surface area contributed by atoms with E-state index >= 15 is 0 Å². The molecule has 0 fully saturated rings. The molecule has 0 bridgehead atoms. The lowest BCUT2D eigenvalue weighted by Crippen LogP contribution is -2.13. The molecule has 0 saturated carbocycles. The molecular weight excluding hydrogens is 389 g/mol. The normalized spacial score (nSPS) is 10.2. The molecule has 0 spiro atoms. The van der Waals surface area contributed by atoms with E-state index in [0.29, 0.717) is 16.1 Å². The number of halogens is 2. The van der Waals surface area contributed by atoms with Gasteiger partial charge in [0.1, 0.15) is 0 Å². The molecule has 0 aliphatic rings. The second-order valence-corrected chi connectivity index (χ2v) is 5.79. The summed E-state index contributed by atoms with van der Waals surface area (Å²) in [5, 5.41) is 0.564. The molecule has 2 aromatic rings. The summed E-state index contributed by atoms with van der Waals surface area (Å²) in [4.78, 5) is 24.4. The summed E-state index contributed by atoms with van der Waals surface area (Å²) < 4.78 is 0.906. The van der Waals surface area contributed by atoms with Crippen molar-refractivity contribution in [3.05, 3.63) is 62.2 Å². The van der Waals surface area contributed by atoms with Crippen molar-refractivity contribution in [3.63, 3.8) is 0 Å². The van der Waals surface area contributed by atoms with Gasteiger partial charge in [-0.15, -0.1) is 0 Å². The van der Waals surface area contributed by atoms with Gasteiger partial charge in [0.25, 0.3) is 0 Å². The highest BCUT2D eigenvalue weighted by atomic mass is 127. The molecule has 3 nitrogen and oxygen atoms in total. The van der Waals surface area contributed by atoms with Crippen molar-refractivity contribution < 1.29 is 9.59 Å². The zero-order valence-corrected chi connectivity index (χ0v) is 13.6. The average Bonchev–Trinajstić information content (AvgIpc) is 2.48. The molecule has 0 aromatic heterocycles. The predicted molar refractivity (Wildman–Crippen MR) is 88.5 cm³/mol. The Morgan fingerprint density at radius 3 is 2.30 bits per heavy atom. The summed E-state index contributed by atoms with van der Waals surface area (Å²) in [5.41, 5.74) is 1.84. The molecule has 102 valence electrons. The summed E-state index contributed by atoms with van der Waals surface area (Å²) in [6.07, 6.45) is 0.718. The van der Waals surface area contributed by atoms with Crippen LogP contribution in [0.15, 0.2) is 42.5 Å². The van der Waals surface area contributed by atoms with Gasteiger partial charge in [-0.25, -0.2) is 0 Å². The highest BCUT2D eigenvalue weighted by molar-refractivity contribution is 14.1. The van der Waals surface area contributed by atoms with Gasteiger partial charge in [0.05, 0.1) is 5.02 Å². The van der Waals surface area contributed by atoms with E-state index < -0.39 is 0 Å². The number of amides is 1. The van der Waals surface area contributed by atoms with E-state index in [1.54, 1.807) is 43.4 Å². The summed E-state index contributed by atoms with van der Waals surface area (Å²) in [7, 11) is 1.66. The van der Waals surface area contributed by atoms with Crippen molar-refractivity contribution in [2.24, 2.45) is 0 Å². The molecule has 2 aromatic carbocycles. The number of benzene rings is 2. The van der Waals surface area contributed by atoms with Crippen LogP contribution in [-0.2, 0) is 4.79 Å². The maximum atomic E-state index is 12.3. The number of anilines is 1. The van der Waals surface area contributed by atoms with E-state index in [0.717, 1.165) is 15.7 Å². The van der Waals surface area contributed by atoms with Gasteiger partial charge >= 0.3 is 0 Å². The largest absolute Gasteiger partial charge is 0.318 e. The molecule has 20 heavy (non-hydrogen) atoms. The van der Waals surface area contributed by atoms with Crippen LogP contribution >= 0.6 is 34.2 Å². The third-order valence-electron chi connectivity index (χ3n) is 2.88. The van der Waals surface area contributed by atoms with E-state index in [1.165, 1.54) is 4.90 Å². The van der Waals surface area contributed by atoms with E-state index in [9.17, 15) is 9.59 Å². The first-order chi connectivity index (χ1) is 9.52. The van der Waals surface area contributed by atoms with Crippen LogP contribution in [0, 0.1) is 3.57 Å². The van der Waals surface area contributed by atoms with Gasteiger partial charge < -0.3 is 4.90 Å². The van der Waals surface area contributed by atoms with Crippen LogP contribution in [-0.4, -0.2) is 19.2 Å². The maximum absolute atomic E-state index is 12.3. The van der Waals surface area contributed by atoms with Crippen LogP contribution in [0.3, 0.4) is 0 Å². The molecular formula is C15H11ClINO2. The Hall–Kier alpha value is -1.40. The first kappa shape index (κ1) is 15.0. The van der Waals surface area contributed by atoms with Crippen LogP contribution in [0.2, 0.25) is 5.02 Å². The van der Waals surface area contributed by atoms with Gasteiger partial charge in [-0.05, 0) is 65.1 Å². The first-order valence-corrected chi connectivity index (χ1v) is 7.26. The maximum Gasteiger partial charge on any atom is 0.213 e. The molecule has 0 N–H and O–H groups in total. The third-order valence-corrected chi connectivity index (χ3v) is 4.45. The summed E-state index contributed by atoms with van der Waals surface area (Å²) in [6.45, 7) is 0. The molecule has 0 aliphatic heterocycles. The van der Waals surface area contributed by atoms with Gasteiger partial charge in [0.15, 0.2) is 5.78 Å². The quantitative estimate of drug-likeness (QED) is 0.446. The minimum atomic E-state index is -0.0939. The number of carbonyl (C=O) groups is 2. The number of nitrogens with zero attached hydrogens (tertiary/aromatic N) is 1. The molecule has 5 heteroatoms. The van der Waals surface area contributed by atoms with Crippen LogP contribution in [0.5, 0.6) is 0 Å². The number of hydrogen-bond donors (Lipinski definition) is 0. The zero-order valence-electron chi connectivity index (χ0n) is 10.6. The topological polar surface area (TPSA) is 37.4 Å². The number of carbonyl (C=O) groups excluding carboxylic acids is 2. The molecule has 0 atom stereocenters. The monoisotopic (exact) mass is 399 g/mol. The highest BCUT2D eigenvalue weighted by Crippen LogP contribution is 2.22. The van der Waals surface area contributed by atoms with Gasteiger partial charge in [-0.2, -0.15) is 0 Å².